The maximum atomic E-state index is 5.16. The SMILES string of the molecule is [c]1cc[c]c2c1CC=CO2. The van der Waals surface area contributed by atoms with E-state index in [4.69, 9.17) is 4.74 Å². The van der Waals surface area contributed by atoms with Crippen LogP contribution in [-0.4, -0.2) is 0 Å². The van der Waals surface area contributed by atoms with Crippen molar-refractivity contribution in [1.29, 1.82) is 0 Å². The number of fused-ring (bicyclic) bond motifs is 1. The van der Waals surface area contributed by atoms with Crippen molar-refractivity contribution in [3.8, 4) is 5.75 Å². The Morgan fingerprint density at radius 2 is 2.20 bits per heavy atom. The van der Waals surface area contributed by atoms with Gasteiger partial charge in [0.25, 0.3) is 0 Å². The first-order valence-corrected chi connectivity index (χ1v) is 3.20. The van der Waals surface area contributed by atoms with Crippen LogP contribution in [0.4, 0.5) is 0 Å². The smallest absolute Gasteiger partial charge is 0.138 e. The molecule has 2 radical (unpaired) electrons. The number of hydrogen-bond donors (Lipinski definition) is 0. The first kappa shape index (κ1) is 5.54. The highest BCUT2D eigenvalue weighted by atomic mass is 16.5. The molecule has 0 aliphatic carbocycles. The average Bonchev–Trinajstić information content (AvgIpc) is 2.05. The van der Waals surface area contributed by atoms with Gasteiger partial charge in [-0.2, -0.15) is 0 Å². The van der Waals surface area contributed by atoms with Crippen molar-refractivity contribution in [2.45, 2.75) is 6.42 Å². The Bertz CT molecular complexity index is 236. The molecule has 1 aromatic carbocycles. The molecule has 0 N–H and O–H groups in total. The Balaban J connectivity index is 2.47. The van der Waals surface area contributed by atoms with E-state index in [2.05, 4.69) is 12.1 Å². The molecule has 0 atom stereocenters. The van der Waals surface area contributed by atoms with Gasteiger partial charge in [0.05, 0.1) is 6.26 Å². The molecular weight excluding hydrogens is 124 g/mol. The molecule has 0 unspecified atom stereocenters. The van der Waals surface area contributed by atoms with E-state index in [1.807, 2.05) is 12.1 Å². The predicted molar refractivity (Wildman–Crippen MR) is 37.6 cm³/mol. The highest BCUT2D eigenvalue weighted by molar-refractivity contribution is 5.35. The van der Waals surface area contributed by atoms with Gasteiger partial charge in [-0.3, -0.25) is 0 Å². The van der Waals surface area contributed by atoms with Crippen molar-refractivity contribution in [3.05, 3.63) is 42.2 Å². The lowest BCUT2D eigenvalue weighted by atomic mass is 10.1. The summed E-state index contributed by atoms with van der Waals surface area (Å²) in [5.74, 6) is 0.810. The minimum Gasteiger partial charge on any atom is -0.464 e. The second-order valence-corrected chi connectivity index (χ2v) is 2.12. The molecule has 1 heteroatoms. The first-order chi connectivity index (χ1) is 4.97. The van der Waals surface area contributed by atoms with Crippen LogP contribution in [0.15, 0.2) is 24.5 Å². The van der Waals surface area contributed by atoms with Crippen molar-refractivity contribution in [1.82, 2.24) is 0 Å². The van der Waals surface area contributed by atoms with Crippen molar-refractivity contribution in [2.75, 3.05) is 0 Å². The van der Waals surface area contributed by atoms with Crippen LogP contribution in [0.5, 0.6) is 5.75 Å². The molecule has 10 heavy (non-hydrogen) atoms. The Morgan fingerprint density at radius 1 is 1.30 bits per heavy atom. The zero-order valence-corrected chi connectivity index (χ0v) is 5.42. The zero-order valence-electron chi connectivity index (χ0n) is 5.42. The van der Waals surface area contributed by atoms with Crippen molar-refractivity contribution in [3.63, 3.8) is 0 Å². The van der Waals surface area contributed by atoms with Gasteiger partial charge >= 0.3 is 0 Å². The van der Waals surface area contributed by atoms with Gasteiger partial charge in [0.15, 0.2) is 0 Å². The quantitative estimate of drug-likeness (QED) is 0.519. The Labute approximate surface area is 59.9 Å². The van der Waals surface area contributed by atoms with Crippen LogP contribution >= 0.6 is 0 Å². The summed E-state index contributed by atoms with van der Waals surface area (Å²) < 4.78 is 5.16. The van der Waals surface area contributed by atoms with Crippen LogP contribution in [0.2, 0.25) is 0 Å². The van der Waals surface area contributed by atoms with Crippen LogP contribution in [0, 0.1) is 12.1 Å². The molecule has 1 nitrogen and oxygen atoms in total. The van der Waals surface area contributed by atoms with Gasteiger partial charge < -0.3 is 4.74 Å². The zero-order chi connectivity index (χ0) is 6.81. The summed E-state index contributed by atoms with van der Waals surface area (Å²) >= 11 is 0. The minimum absolute atomic E-state index is 0.810. The van der Waals surface area contributed by atoms with Gasteiger partial charge in [0, 0.05) is 11.6 Å². The van der Waals surface area contributed by atoms with Gasteiger partial charge in [-0.1, -0.05) is 6.07 Å². The Kier molecular flexibility index (Phi) is 1.21. The average molecular weight is 130 g/mol. The molecule has 0 spiro atoms. The molecule has 2 rings (SSSR count). The molecule has 0 bridgehead atoms. The van der Waals surface area contributed by atoms with Crippen LogP contribution < -0.4 is 4.74 Å². The van der Waals surface area contributed by atoms with Crippen molar-refractivity contribution >= 4 is 0 Å². The van der Waals surface area contributed by atoms with E-state index < -0.39 is 0 Å². The lowest BCUT2D eigenvalue weighted by Gasteiger charge is -2.08. The second-order valence-electron chi connectivity index (χ2n) is 2.12. The number of rotatable bonds is 0. The summed E-state index contributed by atoms with van der Waals surface area (Å²) in [4.78, 5) is 0. The van der Waals surface area contributed by atoms with Crippen LogP contribution in [0.25, 0.3) is 0 Å². The van der Waals surface area contributed by atoms with Gasteiger partial charge in [-0.15, -0.1) is 0 Å². The van der Waals surface area contributed by atoms with E-state index in [0.717, 1.165) is 17.7 Å². The fourth-order valence-electron chi connectivity index (χ4n) is 0.951. The van der Waals surface area contributed by atoms with Crippen LogP contribution in [-0.2, 0) is 6.42 Å². The standard InChI is InChI=1S/C9H6O/c1-2-6-9-8(4-1)5-3-7-10-9/h1-3,7H,5H2. The molecular formula is C9H6O. The number of ether oxygens (including phenoxy) is 1. The highest BCUT2D eigenvalue weighted by Gasteiger charge is 2.03. The molecule has 0 aromatic heterocycles. The summed E-state index contributed by atoms with van der Waals surface area (Å²) in [5, 5.41) is 0. The molecule has 0 amide bonds. The Morgan fingerprint density at radius 3 is 3.10 bits per heavy atom. The van der Waals surface area contributed by atoms with E-state index in [9.17, 15) is 0 Å². The van der Waals surface area contributed by atoms with E-state index in [1.54, 1.807) is 12.3 Å². The lowest BCUT2D eigenvalue weighted by molar-refractivity contribution is 0.463. The third-order valence-corrected chi connectivity index (χ3v) is 1.43. The van der Waals surface area contributed by atoms with Crippen LogP contribution in [0.3, 0.4) is 0 Å². The summed E-state index contributed by atoms with van der Waals surface area (Å²) in [6, 6.07) is 9.72. The number of allylic oxidation sites excluding steroid dienone is 1. The van der Waals surface area contributed by atoms with Gasteiger partial charge in [0.2, 0.25) is 0 Å². The second kappa shape index (κ2) is 2.18. The number of benzene rings is 1. The topological polar surface area (TPSA) is 9.23 Å². The van der Waals surface area contributed by atoms with Crippen LogP contribution in [0.1, 0.15) is 5.56 Å². The van der Waals surface area contributed by atoms with Gasteiger partial charge in [-0.05, 0) is 24.6 Å². The number of hydrogen-bond acceptors (Lipinski definition) is 1. The third kappa shape index (κ3) is 0.798. The molecule has 0 saturated heterocycles. The highest BCUT2D eigenvalue weighted by Crippen LogP contribution is 2.20. The van der Waals surface area contributed by atoms with E-state index in [0.29, 0.717) is 0 Å². The van der Waals surface area contributed by atoms with E-state index in [-0.39, 0.29) is 0 Å². The maximum absolute atomic E-state index is 5.16. The molecule has 1 aliphatic heterocycles. The fraction of sp³-hybridized carbons (Fsp3) is 0.111. The fourth-order valence-corrected chi connectivity index (χ4v) is 0.951. The molecule has 0 fully saturated rings. The maximum Gasteiger partial charge on any atom is 0.138 e. The molecule has 1 heterocycles. The van der Waals surface area contributed by atoms with Gasteiger partial charge in [-0.25, -0.2) is 0 Å². The summed E-state index contributed by atoms with van der Waals surface area (Å²) in [7, 11) is 0. The molecule has 1 aliphatic rings. The summed E-state index contributed by atoms with van der Waals surface area (Å²) in [6.45, 7) is 0. The lowest BCUT2D eigenvalue weighted by Crippen LogP contribution is -1.95. The predicted octanol–water partition coefficient (Wildman–Crippen LogP) is 1.74. The first-order valence-electron chi connectivity index (χ1n) is 3.20. The summed E-state index contributed by atoms with van der Waals surface area (Å²) in [6.07, 6.45) is 4.56. The molecule has 1 aromatic rings. The summed E-state index contributed by atoms with van der Waals surface area (Å²) in [5.41, 5.74) is 1.09. The normalized spacial score (nSPS) is 14.0. The van der Waals surface area contributed by atoms with E-state index >= 15 is 0 Å². The van der Waals surface area contributed by atoms with Crippen molar-refractivity contribution < 1.29 is 4.74 Å². The molecule has 0 saturated carbocycles. The molecule has 48 valence electrons. The van der Waals surface area contributed by atoms with Crippen molar-refractivity contribution in [2.24, 2.45) is 0 Å². The third-order valence-electron chi connectivity index (χ3n) is 1.43. The van der Waals surface area contributed by atoms with Gasteiger partial charge in [0.1, 0.15) is 5.75 Å². The van der Waals surface area contributed by atoms with E-state index in [1.165, 1.54) is 0 Å². The minimum atomic E-state index is 0.810. The Hall–Kier alpha value is -1.24. The largest absolute Gasteiger partial charge is 0.464 e. The monoisotopic (exact) mass is 130 g/mol.